The maximum absolute atomic E-state index is 10.6. The zero-order valence-electron chi connectivity index (χ0n) is 9.28. The number of aliphatic hydroxyl groups is 1. The molecule has 1 fully saturated rings. The predicted molar refractivity (Wildman–Crippen MR) is 63.6 cm³/mol. The highest BCUT2D eigenvalue weighted by atomic mass is 16.3. The molecule has 0 radical (unpaired) electrons. The zero-order chi connectivity index (χ0) is 11.4. The normalized spacial score (nSPS) is 18.8. The van der Waals surface area contributed by atoms with Crippen LogP contribution in [0.3, 0.4) is 0 Å². The Kier molecular flexibility index (Phi) is 3.23. The smallest absolute Gasteiger partial charge is 0.125 e. The molecule has 0 spiro atoms. The van der Waals surface area contributed by atoms with Crippen LogP contribution in [0.1, 0.15) is 43.2 Å². The molecule has 1 N–H and O–H groups in total. The second-order valence-electron chi connectivity index (χ2n) is 4.44. The van der Waals surface area contributed by atoms with Crippen LogP contribution in [0.15, 0.2) is 24.3 Å². The molecule has 1 aromatic rings. The molecule has 0 atom stereocenters. The summed E-state index contributed by atoms with van der Waals surface area (Å²) in [4.78, 5) is 10.5. The lowest BCUT2D eigenvalue weighted by atomic mass is 9.78. The number of hydrogen-bond acceptors (Lipinski definition) is 2. The minimum absolute atomic E-state index is 0.748. The van der Waals surface area contributed by atoms with Crippen LogP contribution in [0.25, 0.3) is 6.08 Å². The van der Waals surface area contributed by atoms with Gasteiger partial charge in [0.1, 0.15) is 5.94 Å². The maximum atomic E-state index is 10.6. The number of rotatable bonds is 2. The molecule has 2 nitrogen and oxygen atoms in total. The van der Waals surface area contributed by atoms with Crippen molar-refractivity contribution in [3.8, 4) is 0 Å². The molecule has 1 saturated carbocycles. The molecule has 1 aliphatic carbocycles. The first-order valence-corrected chi connectivity index (χ1v) is 5.79. The predicted octanol–water partition coefficient (Wildman–Crippen LogP) is 2.68. The molecular formula is C14H16O2. The molecule has 1 aliphatic rings. The van der Waals surface area contributed by atoms with E-state index in [4.69, 9.17) is 0 Å². The fourth-order valence-corrected chi connectivity index (χ4v) is 2.52. The van der Waals surface area contributed by atoms with E-state index in [1.54, 1.807) is 5.94 Å². The molecule has 2 rings (SSSR count). The van der Waals surface area contributed by atoms with Gasteiger partial charge in [0.15, 0.2) is 0 Å². The Balaban J connectivity index is 2.41. The number of benzene rings is 1. The van der Waals surface area contributed by atoms with Gasteiger partial charge in [0.05, 0.1) is 5.60 Å². The summed E-state index contributed by atoms with van der Waals surface area (Å²) >= 11 is 0. The van der Waals surface area contributed by atoms with Crippen LogP contribution in [0, 0.1) is 0 Å². The highest BCUT2D eigenvalue weighted by molar-refractivity contribution is 5.76. The number of hydrogen-bond donors (Lipinski definition) is 1. The van der Waals surface area contributed by atoms with Crippen molar-refractivity contribution in [1.82, 2.24) is 0 Å². The summed E-state index contributed by atoms with van der Waals surface area (Å²) in [7, 11) is 0. The zero-order valence-corrected chi connectivity index (χ0v) is 9.28. The highest BCUT2D eigenvalue weighted by Crippen LogP contribution is 2.38. The van der Waals surface area contributed by atoms with E-state index >= 15 is 0 Å². The van der Waals surface area contributed by atoms with Crippen molar-refractivity contribution >= 4 is 12.0 Å². The monoisotopic (exact) mass is 216 g/mol. The van der Waals surface area contributed by atoms with Crippen LogP contribution in [0.5, 0.6) is 0 Å². The third kappa shape index (κ3) is 2.08. The van der Waals surface area contributed by atoms with Crippen molar-refractivity contribution in [3.63, 3.8) is 0 Å². The molecule has 0 aromatic heterocycles. The average molecular weight is 216 g/mol. The van der Waals surface area contributed by atoms with Crippen molar-refractivity contribution in [2.75, 3.05) is 0 Å². The summed E-state index contributed by atoms with van der Waals surface area (Å²) < 4.78 is 0. The minimum atomic E-state index is -0.748. The van der Waals surface area contributed by atoms with E-state index in [2.05, 4.69) is 0 Å². The van der Waals surface area contributed by atoms with Crippen LogP contribution in [-0.4, -0.2) is 11.0 Å². The second kappa shape index (κ2) is 4.65. The van der Waals surface area contributed by atoms with Gasteiger partial charge in [-0.15, -0.1) is 0 Å². The fraction of sp³-hybridized carbons (Fsp3) is 0.429. The molecule has 0 saturated heterocycles. The SMILES string of the molecule is O=C=Cc1ccccc1C1(O)CCCCC1. The Morgan fingerprint density at radius 1 is 1.19 bits per heavy atom. The summed E-state index contributed by atoms with van der Waals surface area (Å²) in [6.07, 6.45) is 6.27. The van der Waals surface area contributed by atoms with Crippen molar-refractivity contribution in [1.29, 1.82) is 0 Å². The van der Waals surface area contributed by atoms with Crippen LogP contribution >= 0.6 is 0 Å². The van der Waals surface area contributed by atoms with Gasteiger partial charge in [0.2, 0.25) is 0 Å². The molecule has 1 aromatic carbocycles. The molecule has 0 bridgehead atoms. The second-order valence-corrected chi connectivity index (χ2v) is 4.44. The van der Waals surface area contributed by atoms with Gasteiger partial charge in [-0.05, 0) is 24.0 Å². The van der Waals surface area contributed by atoms with Gasteiger partial charge in [0.25, 0.3) is 0 Å². The Hall–Kier alpha value is -1.37. The Labute approximate surface area is 95.6 Å². The Morgan fingerprint density at radius 3 is 2.56 bits per heavy atom. The van der Waals surface area contributed by atoms with E-state index < -0.39 is 5.60 Å². The Bertz CT molecular complexity index is 410. The lowest BCUT2D eigenvalue weighted by Gasteiger charge is -2.33. The first-order valence-electron chi connectivity index (χ1n) is 5.79. The molecule has 84 valence electrons. The molecule has 0 amide bonds. The maximum Gasteiger partial charge on any atom is 0.125 e. The lowest BCUT2D eigenvalue weighted by molar-refractivity contribution is -0.000783. The average Bonchev–Trinajstić information content (AvgIpc) is 2.31. The van der Waals surface area contributed by atoms with Crippen LogP contribution in [-0.2, 0) is 10.4 Å². The van der Waals surface area contributed by atoms with Crippen molar-refractivity contribution in [3.05, 3.63) is 35.4 Å². The quantitative estimate of drug-likeness (QED) is 0.772. The molecule has 0 heterocycles. The van der Waals surface area contributed by atoms with Gasteiger partial charge in [-0.3, -0.25) is 0 Å². The van der Waals surface area contributed by atoms with Gasteiger partial charge in [-0.1, -0.05) is 43.5 Å². The Morgan fingerprint density at radius 2 is 1.88 bits per heavy atom. The molecule has 0 unspecified atom stereocenters. The summed E-state index contributed by atoms with van der Waals surface area (Å²) in [5.74, 6) is 1.79. The van der Waals surface area contributed by atoms with Gasteiger partial charge in [0, 0.05) is 6.08 Å². The van der Waals surface area contributed by atoms with Gasteiger partial charge >= 0.3 is 0 Å². The van der Waals surface area contributed by atoms with E-state index in [-0.39, 0.29) is 0 Å². The van der Waals surface area contributed by atoms with E-state index in [1.807, 2.05) is 24.3 Å². The van der Waals surface area contributed by atoms with Crippen molar-refractivity contribution in [2.24, 2.45) is 0 Å². The fourth-order valence-electron chi connectivity index (χ4n) is 2.52. The topological polar surface area (TPSA) is 37.3 Å². The van der Waals surface area contributed by atoms with E-state index in [9.17, 15) is 9.90 Å². The van der Waals surface area contributed by atoms with E-state index in [0.717, 1.165) is 36.8 Å². The van der Waals surface area contributed by atoms with Crippen molar-refractivity contribution < 1.29 is 9.90 Å². The summed E-state index contributed by atoms with van der Waals surface area (Å²) in [5, 5.41) is 10.6. The standard InChI is InChI=1S/C14H16O2/c15-11-8-12-6-2-3-7-13(12)14(16)9-4-1-5-10-14/h2-3,6-8,16H,1,4-5,9-10H2. The largest absolute Gasteiger partial charge is 0.385 e. The highest BCUT2D eigenvalue weighted by Gasteiger charge is 2.32. The lowest BCUT2D eigenvalue weighted by Crippen LogP contribution is -2.29. The summed E-state index contributed by atoms with van der Waals surface area (Å²) in [5.41, 5.74) is 0.919. The van der Waals surface area contributed by atoms with Gasteiger partial charge in [-0.25, -0.2) is 4.79 Å². The van der Waals surface area contributed by atoms with Gasteiger partial charge in [-0.2, -0.15) is 0 Å². The van der Waals surface area contributed by atoms with Gasteiger partial charge < -0.3 is 5.11 Å². The first-order chi connectivity index (χ1) is 7.76. The summed E-state index contributed by atoms with van der Waals surface area (Å²) in [6.45, 7) is 0. The van der Waals surface area contributed by atoms with Crippen LogP contribution < -0.4 is 0 Å². The third-order valence-corrected chi connectivity index (χ3v) is 3.36. The van der Waals surface area contributed by atoms with E-state index in [0.29, 0.717) is 0 Å². The summed E-state index contributed by atoms with van der Waals surface area (Å²) in [6, 6.07) is 7.55. The van der Waals surface area contributed by atoms with E-state index in [1.165, 1.54) is 12.5 Å². The molecule has 0 aliphatic heterocycles. The van der Waals surface area contributed by atoms with Crippen LogP contribution in [0.2, 0.25) is 0 Å². The third-order valence-electron chi connectivity index (χ3n) is 3.36. The van der Waals surface area contributed by atoms with Crippen molar-refractivity contribution in [2.45, 2.75) is 37.7 Å². The molecule has 16 heavy (non-hydrogen) atoms. The molecule has 2 heteroatoms. The molecular weight excluding hydrogens is 200 g/mol. The first kappa shape index (κ1) is 11.1. The number of carbonyl (C=O) groups excluding carboxylic acids is 1. The minimum Gasteiger partial charge on any atom is -0.385 e. The van der Waals surface area contributed by atoms with Crippen LogP contribution in [0.4, 0.5) is 0 Å².